The first-order chi connectivity index (χ1) is 12.6. The van der Waals surface area contributed by atoms with E-state index < -0.39 is 58.2 Å². The molecule has 1 amide bonds. The third kappa shape index (κ3) is 4.93. The molecule has 0 aliphatic heterocycles. The lowest BCUT2D eigenvalue weighted by Gasteiger charge is -2.15. The molecule has 2 nitrogen and oxygen atoms in total. The SMILES string of the molecule is O=C(Nc1cc(C(F)(F)F)cc(C(F)(F)F)c1)c1ccc(C(F)(F)F)c(F)c1. The minimum Gasteiger partial charge on any atom is -0.322 e. The second-order valence-corrected chi connectivity index (χ2v) is 5.44. The molecule has 0 spiro atoms. The first-order valence-corrected chi connectivity index (χ1v) is 7.06. The Morgan fingerprint density at radius 2 is 1.21 bits per heavy atom. The minimum atomic E-state index is -5.17. The highest BCUT2D eigenvalue weighted by atomic mass is 19.4. The minimum absolute atomic E-state index is 0.163. The molecular formula is C16H7F10NO. The monoisotopic (exact) mass is 419 g/mol. The lowest BCUT2D eigenvalue weighted by molar-refractivity contribution is -0.143. The van der Waals surface area contributed by atoms with Gasteiger partial charge in [-0.25, -0.2) is 4.39 Å². The third-order valence-corrected chi connectivity index (χ3v) is 3.38. The molecule has 2 aromatic carbocycles. The number of carbonyl (C=O) groups excluding carboxylic acids is 1. The maximum absolute atomic E-state index is 13.5. The number of amides is 1. The van der Waals surface area contributed by atoms with Gasteiger partial charge in [0.1, 0.15) is 5.82 Å². The molecule has 0 heterocycles. The van der Waals surface area contributed by atoms with E-state index in [1.807, 2.05) is 0 Å². The fourth-order valence-corrected chi connectivity index (χ4v) is 2.12. The Morgan fingerprint density at radius 3 is 1.61 bits per heavy atom. The van der Waals surface area contributed by atoms with Crippen LogP contribution in [0.2, 0.25) is 0 Å². The smallest absolute Gasteiger partial charge is 0.322 e. The molecule has 0 saturated heterocycles. The van der Waals surface area contributed by atoms with Crippen molar-refractivity contribution in [2.45, 2.75) is 18.5 Å². The summed E-state index contributed by atoms with van der Waals surface area (Å²) < 4.78 is 128. The number of carbonyl (C=O) groups is 1. The first-order valence-electron chi connectivity index (χ1n) is 7.06. The molecule has 0 fully saturated rings. The van der Waals surface area contributed by atoms with Crippen molar-refractivity contribution in [3.63, 3.8) is 0 Å². The van der Waals surface area contributed by atoms with E-state index >= 15 is 0 Å². The van der Waals surface area contributed by atoms with Gasteiger partial charge in [0.15, 0.2) is 0 Å². The number of alkyl halides is 9. The summed E-state index contributed by atoms with van der Waals surface area (Å²) in [6.45, 7) is 0. The molecule has 152 valence electrons. The molecule has 0 bridgehead atoms. The van der Waals surface area contributed by atoms with Crippen molar-refractivity contribution in [2.75, 3.05) is 5.32 Å². The molecule has 28 heavy (non-hydrogen) atoms. The molecular weight excluding hydrogens is 412 g/mol. The number of hydrogen-bond donors (Lipinski definition) is 1. The largest absolute Gasteiger partial charge is 0.419 e. The highest BCUT2D eigenvalue weighted by molar-refractivity contribution is 6.04. The summed E-state index contributed by atoms with van der Waals surface area (Å²) in [6, 6.07) is 1.14. The van der Waals surface area contributed by atoms with E-state index in [1.54, 1.807) is 5.32 Å². The van der Waals surface area contributed by atoms with Crippen LogP contribution in [0.3, 0.4) is 0 Å². The Bertz CT molecular complexity index is 864. The van der Waals surface area contributed by atoms with Crippen molar-refractivity contribution in [3.05, 3.63) is 64.5 Å². The molecule has 12 heteroatoms. The van der Waals surface area contributed by atoms with Gasteiger partial charge in [-0.3, -0.25) is 4.79 Å². The van der Waals surface area contributed by atoms with Crippen LogP contribution in [0.15, 0.2) is 36.4 Å². The summed E-state index contributed by atoms with van der Waals surface area (Å²) in [5, 5.41) is 1.68. The van der Waals surface area contributed by atoms with Crippen LogP contribution in [-0.2, 0) is 18.5 Å². The number of halogens is 10. The van der Waals surface area contributed by atoms with Crippen molar-refractivity contribution in [1.82, 2.24) is 0 Å². The Kier molecular flexibility index (Phi) is 5.37. The van der Waals surface area contributed by atoms with E-state index in [0.717, 1.165) is 0 Å². The van der Waals surface area contributed by atoms with E-state index in [0.29, 0.717) is 6.07 Å². The molecule has 0 saturated carbocycles. The fourth-order valence-electron chi connectivity index (χ4n) is 2.12. The number of anilines is 1. The standard InChI is InChI=1S/C16H7F10NO/c17-12-3-7(1-2-11(12)16(24,25)26)13(28)27-10-5-8(14(18,19)20)4-9(6-10)15(21,22)23/h1-6H,(H,27,28). The van der Waals surface area contributed by atoms with E-state index in [4.69, 9.17) is 0 Å². The van der Waals surface area contributed by atoms with Crippen molar-refractivity contribution in [2.24, 2.45) is 0 Å². The van der Waals surface area contributed by atoms with Gasteiger partial charge in [0.05, 0.1) is 16.7 Å². The lowest BCUT2D eigenvalue weighted by Crippen LogP contribution is -2.17. The van der Waals surface area contributed by atoms with Gasteiger partial charge in [0, 0.05) is 11.3 Å². The second-order valence-electron chi connectivity index (χ2n) is 5.44. The predicted molar refractivity (Wildman–Crippen MR) is 75.8 cm³/mol. The zero-order valence-electron chi connectivity index (χ0n) is 13.2. The first kappa shape index (κ1) is 21.5. The van der Waals surface area contributed by atoms with Crippen LogP contribution in [0.1, 0.15) is 27.0 Å². The van der Waals surface area contributed by atoms with Gasteiger partial charge >= 0.3 is 18.5 Å². The van der Waals surface area contributed by atoms with Crippen LogP contribution in [-0.4, -0.2) is 5.91 Å². The Balaban J connectivity index is 2.40. The normalized spacial score (nSPS) is 12.8. The van der Waals surface area contributed by atoms with Crippen LogP contribution < -0.4 is 5.32 Å². The number of rotatable bonds is 2. The van der Waals surface area contributed by atoms with Gasteiger partial charge in [0.25, 0.3) is 5.91 Å². The zero-order valence-corrected chi connectivity index (χ0v) is 13.2. The molecule has 1 N–H and O–H groups in total. The van der Waals surface area contributed by atoms with Crippen molar-refractivity contribution < 1.29 is 48.7 Å². The molecule has 0 aliphatic rings. The van der Waals surface area contributed by atoms with Gasteiger partial charge in [-0.05, 0) is 36.4 Å². The summed E-state index contributed by atoms with van der Waals surface area (Å²) in [5.41, 5.74) is -6.78. The van der Waals surface area contributed by atoms with Crippen LogP contribution in [0, 0.1) is 5.82 Å². The number of nitrogens with one attached hydrogen (secondary N) is 1. The Hall–Kier alpha value is -2.79. The fraction of sp³-hybridized carbons (Fsp3) is 0.188. The zero-order chi connectivity index (χ0) is 21.5. The Morgan fingerprint density at radius 1 is 0.714 bits per heavy atom. The summed E-state index contributed by atoms with van der Waals surface area (Å²) in [7, 11) is 0. The van der Waals surface area contributed by atoms with E-state index in [2.05, 4.69) is 0 Å². The molecule has 2 aromatic rings. The van der Waals surface area contributed by atoms with Crippen LogP contribution >= 0.6 is 0 Å². The number of benzene rings is 2. The van der Waals surface area contributed by atoms with Gasteiger partial charge in [-0.2, -0.15) is 39.5 Å². The van der Waals surface area contributed by atoms with Crippen LogP contribution in [0.4, 0.5) is 49.6 Å². The molecule has 0 aliphatic carbocycles. The van der Waals surface area contributed by atoms with Gasteiger partial charge in [-0.1, -0.05) is 0 Å². The average molecular weight is 419 g/mol. The van der Waals surface area contributed by atoms with Crippen molar-refractivity contribution >= 4 is 11.6 Å². The second kappa shape index (κ2) is 6.99. The Labute approximate surface area is 149 Å². The number of hydrogen-bond acceptors (Lipinski definition) is 1. The van der Waals surface area contributed by atoms with Crippen LogP contribution in [0.25, 0.3) is 0 Å². The van der Waals surface area contributed by atoms with Gasteiger partial charge < -0.3 is 5.32 Å². The third-order valence-electron chi connectivity index (χ3n) is 3.38. The van der Waals surface area contributed by atoms with Crippen molar-refractivity contribution in [1.29, 1.82) is 0 Å². The molecule has 0 unspecified atom stereocenters. The van der Waals surface area contributed by atoms with Gasteiger partial charge in [-0.15, -0.1) is 0 Å². The quantitative estimate of drug-likeness (QED) is 0.583. The lowest BCUT2D eigenvalue weighted by atomic mass is 10.1. The van der Waals surface area contributed by atoms with Crippen LogP contribution in [0.5, 0.6) is 0 Å². The summed E-state index contributed by atoms with van der Waals surface area (Å²) >= 11 is 0. The van der Waals surface area contributed by atoms with Crippen molar-refractivity contribution in [3.8, 4) is 0 Å². The molecule has 0 radical (unpaired) electrons. The average Bonchev–Trinajstić information content (AvgIpc) is 2.51. The maximum atomic E-state index is 13.5. The molecule has 0 atom stereocenters. The van der Waals surface area contributed by atoms with E-state index in [-0.39, 0.29) is 30.3 Å². The predicted octanol–water partition coefficient (Wildman–Crippen LogP) is 6.13. The highest BCUT2D eigenvalue weighted by Gasteiger charge is 2.37. The molecule has 2 rings (SSSR count). The summed E-state index contributed by atoms with van der Waals surface area (Å²) in [5.74, 6) is -3.24. The summed E-state index contributed by atoms with van der Waals surface area (Å²) in [6.07, 6.45) is -15.4. The molecule has 0 aromatic heterocycles. The highest BCUT2D eigenvalue weighted by Crippen LogP contribution is 2.38. The van der Waals surface area contributed by atoms with E-state index in [9.17, 15) is 48.7 Å². The summed E-state index contributed by atoms with van der Waals surface area (Å²) in [4.78, 5) is 11.9. The maximum Gasteiger partial charge on any atom is 0.419 e. The van der Waals surface area contributed by atoms with Gasteiger partial charge in [0.2, 0.25) is 0 Å². The van der Waals surface area contributed by atoms with E-state index in [1.165, 1.54) is 0 Å². The topological polar surface area (TPSA) is 29.1 Å².